The van der Waals surface area contributed by atoms with E-state index in [-0.39, 0.29) is 10.4 Å². The molecule has 1 atom stereocenters. The normalized spacial score (nSPS) is 17.5. The summed E-state index contributed by atoms with van der Waals surface area (Å²) in [4.78, 5) is 18.7. The molecule has 0 saturated carbocycles. The van der Waals surface area contributed by atoms with Gasteiger partial charge in [-0.3, -0.25) is 4.79 Å². The van der Waals surface area contributed by atoms with Crippen LogP contribution in [0.1, 0.15) is 21.6 Å². The number of carbonyl (C=O) groups is 1. The van der Waals surface area contributed by atoms with Gasteiger partial charge in [0.15, 0.2) is 5.82 Å². The quantitative estimate of drug-likeness (QED) is 0.688. The number of anilines is 2. The van der Waals surface area contributed by atoms with E-state index in [0.717, 1.165) is 41.0 Å². The van der Waals surface area contributed by atoms with Crippen LogP contribution in [-0.2, 0) is 0 Å². The van der Waals surface area contributed by atoms with Crippen molar-refractivity contribution in [3.63, 3.8) is 0 Å². The number of fused-ring (bicyclic) bond motifs is 1. The van der Waals surface area contributed by atoms with Gasteiger partial charge in [-0.15, -0.1) is 22.7 Å². The molecular weight excluding hydrogens is 390 g/mol. The molecule has 1 fully saturated rings. The summed E-state index contributed by atoms with van der Waals surface area (Å²) < 4.78 is 29.2. The minimum atomic E-state index is -0.577. The maximum atomic E-state index is 14.4. The van der Waals surface area contributed by atoms with Crippen molar-refractivity contribution in [3.05, 3.63) is 39.7 Å². The number of thiophene rings is 1. The SMILES string of the molecule is Cc1nc2c(F)cc(NC(=O)c3sc(N4CCNC(C)C4)cc3F)cc2s1. The van der Waals surface area contributed by atoms with Crippen molar-refractivity contribution in [3.8, 4) is 0 Å². The summed E-state index contributed by atoms with van der Waals surface area (Å²) in [7, 11) is 0. The fraction of sp³-hybridized carbons (Fsp3) is 0.333. The summed E-state index contributed by atoms with van der Waals surface area (Å²) in [6, 6.07) is 4.57. The fourth-order valence-corrected chi connectivity index (χ4v) is 5.01. The first kappa shape index (κ1) is 18.3. The van der Waals surface area contributed by atoms with Crippen molar-refractivity contribution in [1.29, 1.82) is 0 Å². The summed E-state index contributed by atoms with van der Waals surface area (Å²) in [5.41, 5.74) is 0.576. The van der Waals surface area contributed by atoms with E-state index >= 15 is 0 Å². The first-order chi connectivity index (χ1) is 12.9. The van der Waals surface area contributed by atoms with Crippen LogP contribution in [0.2, 0.25) is 0 Å². The zero-order valence-corrected chi connectivity index (χ0v) is 16.4. The van der Waals surface area contributed by atoms with E-state index in [1.807, 2.05) is 0 Å². The summed E-state index contributed by atoms with van der Waals surface area (Å²) in [5, 5.41) is 7.41. The van der Waals surface area contributed by atoms with Gasteiger partial charge in [0, 0.05) is 37.4 Å². The first-order valence-electron chi connectivity index (χ1n) is 8.56. The molecule has 1 aliphatic heterocycles. The Morgan fingerprint density at radius 2 is 2.11 bits per heavy atom. The third-order valence-electron chi connectivity index (χ3n) is 4.37. The second-order valence-electron chi connectivity index (χ2n) is 6.55. The smallest absolute Gasteiger partial charge is 0.268 e. The second kappa shape index (κ2) is 7.14. The summed E-state index contributed by atoms with van der Waals surface area (Å²) >= 11 is 2.46. The highest BCUT2D eigenvalue weighted by atomic mass is 32.1. The van der Waals surface area contributed by atoms with E-state index in [2.05, 4.69) is 27.4 Å². The number of nitrogens with one attached hydrogen (secondary N) is 2. The van der Waals surface area contributed by atoms with E-state index in [9.17, 15) is 13.6 Å². The molecule has 9 heteroatoms. The Labute approximate surface area is 163 Å². The number of carbonyl (C=O) groups excluding carboxylic acids is 1. The number of aromatic nitrogens is 1. The standard InChI is InChI=1S/C18H18F2N4OS2/c1-9-8-24(4-3-21-9)15-7-13(20)17(27-15)18(25)23-11-5-12(19)16-14(6-11)26-10(2)22-16/h5-7,9,21H,3-4,8H2,1-2H3,(H,23,25). The Kier molecular flexibility index (Phi) is 4.83. The lowest BCUT2D eigenvalue weighted by molar-refractivity contribution is 0.102. The summed E-state index contributed by atoms with van der Waals surface area (Å²) in [6.45, 7) is 6.19. The maximum absolute atomic E-state index is 14.4. The van der Waals surface area contributed by atoms with Crippen LogP contribution in [0.5, 0.6) is 0 Å². The topological polar surface area (TPSA) is 57.3 Å². The van der Waals surface area contributed by atoms with Crippen molar-refractivity contribution < 1.29 is 13.6 Å². The predicted molar refractivity (Wildman–Crippen MR) is 106 cm³/mol. The van der Waals surface area contributed by atoms with E-state index in [4.69, 9.17) is 0 Å². The molecule has 0 bridgehead atoms. The Hall–Kier alpha value is -2.10. The zero-order valence-electron chi connectivity index (χ0n) is 14.8. The fourth-order valence-electron chi connectivity index (χ4n) is 3.16. The van der Waals surface area contributed by atoms with Crippen LogP contribution < -0.4 is 15.5 Å². The van der Waals surface area contributed by atoms with Gasteiger partial charge in [-0.1, -0.05) is 0 Å². The predicted octanol–water partition coefficient (Wildman–Crippen LogP) is 3.99. The Bertz CT molecular complexity index is 1020. The first-order valence-corrected chi connectivity index (χ1v) is 10.2. The van der Waals surface area contributed by atoms with Crippen LogP contribution in [0, 0.1) is 18.6 Å². The van der Waals surface area contributed by atoms with Crippen molar-refractivity contribution >= 4 is 49.5 Å². The molecule has 3 heterocycles. The number of piperazine rings is 1. The van der Waals surface area contributed by atoms with Gasteiger partial charge in [0.25, 0.3) is 5.91 Å². The number of halogens is 2. The molecule has 1 amide bonds. The van der Waals surface area contributed by atoms with Crippen LogP contribution in [0.25, 0.3) is 10.2 Å². The molecule has 0 spiro atoms. The van der Waals surface area contributed by atoms with Gasteiger partial charge >= 0.3 is 0 Å². The zero-order chi connectivity index (χ0) is 19.1. The van der Waals surface area contributed by atoms with E-state index < -0.39 is 17.5 Å². The van der Waals surface area contributed by atoms with E-state index in [0.29, 0.717) is 16.4 Å². The van der Waals surface area contributed by atoms with Crippen molar-refractivity contribution in [2.45, 2.75) is 19.9 Å². The molecule has 2 N–H and O–H groups in total. The molecule has 0 radical (unpaired) electrons. The average molecular weight is 408 g/mol. The monoisotopic (exact) mass is 408 g/mol. The third-order valence-corrected chi connectivity index (χ3v) is 6.46. The van der Waals surface area contributed by atoms with Gasteiger partial charge in [0.2, 0.25) is 0 Å². The van der Waals surface area contributed by atoms with Gasteiger partial charge in [0.05, 0.1) is 14.7 Å². The number of amides is 1. The lowest BCUT2D eigenvalue weighted by atomic mass is 10.2. The third kappa shape index (κ3) is 3.67. The molecule has 27 heavy (non-hydrogen) atoms. The molecule has 1 saturated heterocycles. The van der Waals surface area contributed by atoms with Crippen LogP contribution in [0.4, 0.5) is 19.5 Å². The van der Waals surface area contributed by atoms with Crippen molar-refractivity contribution in [1.82, 2.24) is 10.3 Å². The molecule has 142 valence electrons. The Morgan fingerprint density at radius 3 is 2.89 bits per heavy atom. The van der Waals surface area contributed by atoms with Crippen molar-refractivity contribution in [2.75, 3.05) is 29.9 Å². The minimum absolute atomic E-state index is 0.00261. The molecule has 1 aromatic carbocycles. The van der Waals surface area contributed by atoms with Gasteiger partial charge in [0.1, 0.15) is 16.2 Å². The molecule has 1 unspecified atom stereocenters. The highest BCUT2D eigenvalue weighted by Crippen LogP contribution is 2.32. The highest BCUT2D eigenvalue weighted by molar-refractivity contribution is 7.18. The van der Waals surface area contributed by atoms with Crippen LogP contribution in [0.15, 0.2) is 18.2 Å². The highest BCUT2D eigenvalue weighted by Gasteiger charge is 2.23. The Balaban J connectivity index is 1.56. The summed E-state index contributed by atoms with van der Waals surface area (Å²) in [5.74, 6) is -1.64. The number of rotatable bonds is 3. The molecular formula is C18H18F2N4OS2. The second-order valence-corrected chi connectivity index (χ2v) is 8.82. The number of hydrogen-bond acceptors (Lipinski definition) is 6. The molecule has 5 nitrogen and oxygen atoms in total. The lowest BCUT2D eigenvalue weighted by Crippen LogP contribution is -2.49. The number of hydrogen-bond donors (Lipinski definition) is 2. The van der Waals surface area contributed by atoms with Gasteiger partial charge in [-0.2, -0.15) is 0 Å². The van der Waals surface area contributed by atoms with Crippen LogP contribution in [0.3, 0.4) is 0 Å². The number of thiazole rings is 1. The van der Waals surface area contributed by atoms with Crippen molar-refractivity contribution in [2.24, 2.45) is 0 Å². The molecule has 3 aromatic rings. The molecule has 1 aliphatic rings. The maximum Gasteiger partial charge on any atom is 0.268 e. The minimum Gasteiger partial charge on any atom is -0.361 e. The van der Waals surface area contributed by atoms with E-state index in [1.54, 1.807) is 13.0 Å². The molecule has 0 aliphatic carbocycles. The Morgan fingerprint density at radius 1 is 1.30 bits per heavy atom. The largest absolute Gasteiger partial charge is 0.361 e. The number of aryl methyl sites for hydroxylation is 1. The van der Waals surface area contributed by atoms with Crippen LogP contribution in [-0.4, -0.2) is 36.6 Å². The summed E-state index contributed by atoms with van der Waals surface area (Å²) in [6.07, 6.45) is 0. The van der Waals surface area contributed by atoms with E-state index in [1.165, 1.54) is 23.5 Å². The van der Waals surface area contributed by atoms with Gasteiger partial charge in [-0.05, 0) is 26.0 Å². The lowest BCUT2D eigenvalue weighted by Gasteiger charge is -2.32. The van der Waals surface area contributed by atoms with Gasteiger partial charge in [-0.25, -0.2) is 13.8 Å². The average Bonchev–Trinajstić information content (AvgIpc) is 3.17. The molecule has 4 rings (SSSR count). The molecule has 2 aromatic heterocycles. The van der Waals surface area contributed by atoms with Crippen LogP contribution >= 0.6 is 22.7 Å². The number of nitrogens with zero attached hydrogens (tertiary/aromatic N) is 2. The van der Waals surface area contributed by atoms with Gasteiger partial charge < -0.3 is 15.5 Å². The number of benzene rings is 1.